The first-order chi connectivity index (χ1) is 11.6. The van der Waals surface area contributed by atoms with Gasteiger partial charge >= 0.3 is 0 Å². The van der Waals surface area contributed by atoms with Gasteiger partial charge in [-0.1, -0.05) is 6.07 Å². The van der Waals surface area contributed by atoms with E-state index in [2.05, 4.69) is 12.1 Å². The third-order valence-electron chi connectivity index (χ3n) is 7.98. The smallest absolute Gasteiger partial charge is 0.133 e. The molecule has 1 aromatic rings. The Balaban J connectivity index is 1.62. The van der Waals surface area contributed by atoms with Crippen LogP contribution in [0, 0.1) is 17.3 Å². The Morgan fingerprint density at radius 3 is 2.88 bits per heavy atom. The van der Waals surface area contributed by atoms with Crippen molar-refractivity contribution in [1.82, 2.24) is 0 Å². The Morgan fingerprint density at radius 1 is 1.21 bits per heavy atom. The van der Waals surface area contributed by atoms with Gasteiger partial charge in [-0.2, -0.15) is 0 Å². The maximum Gasteiger partial charge on any atom is 0.133 e. The number of methoxy groups -OCH3 is 2. The van der Waals surface area contributed by atoms with Gasteiger partial charge in [0.25, 0.3) is 0 Å². The zero-order valence-electron chi connectivity index (χ0n) is 14.1. The number of carbonyl (C=O) groups is 1. The molecule has 1 heterocycles. The molecule has 4 unspecified atom stereocenters. The van der Waals surface area contributed by atoms with E-state index in [1.807, 2.05) is 13.2 Å². The fraction of sp³-hybridized carbons (Fsp3) is 0.650. The van der Waals surface area contributed by atoms with Gasteiger partial charge < -0.3 is 14.2 Å². The minimum absolute atomic E-state index is 0.0824. The van der Waals surface area contributed by atoms with E-state index < -0.39 is 0 Å². The molecule has 7 atom stereocenters. The molecule has 0 radical (unpaired) electrons. The fourth-order valence-corrected chi connectivity index (χ4v) is 7.28. The largest absolute Gasteiger partial charge is 0.497 e. The van der Waals surface area contributed by atoms with Crippen LogP contribution >= 0.6 is 0 Å². The van der Waals surface area contributed by atoms with Crippen molar-refractivity contribution in [3.8, 4) is 5.75 Å². The van der Waals surface area contributed by atoms with Crippen molar-refractivity contribution in [2.24, 2.45) is 17.3 Å². The molecule has 6 aliphatic rings. The zero-order valence-corrected chi connectivity index (χ0v) is 14.1. The molecular formula is C20H22O4. The van der Waals surface area contributed by atoms with Crippen molar-refractivity contribution in [2.45, 2.75) is 49.4 Å². The van der Waals surface area contributed by atoms with Gasteiger partial charge in [-0.05, 0) is 53.4 Å². The Hall–Kier alpha value is -1.39. The van der Waals surface area contributed by atoms with E-state index in [0.29, 0.717) is 23.5 Å². The summed E-state index contributed by atoms with van der Waals surface area (Å²) in [6.07, 6.45) is 3.68. The van der Waals surface area contributed by atoms with Crippen molar-refractivity contribution in [3.05, 3.63) is 29.3 Å². The summed E-state index contributed by atoms with van der Waals surface area (Å²) in [5.41, 5.74) is 2.52. The highest BCUT2D eigenvalue weighted by Crippen LogP contribution is 2.78. The second-order valence-corrected chi connectivity index (χ2v) is 8.46. The van der Waals surface area contributed by atoms with Crippen LogP contribution in [0.3, 0.4) is 0 Å². The average molecular weight is 326 g/mol. The molecule has 5 aliphatic carbocycles. The standard InChI is InChI=1S/C20H22O4/c1-22-12-3-4-13-14(6-12)16-17-18(13)24-15-9-19(16)8-11(21)5-10(19)7-20(15,17)23-2/h3-4,6,10,15-18H,5,7-9H2,1-2H3/t10?,15?,16?,17?,18-,19-,20+/m0/s1. The van der Waals surface area contributed by atoms with E-state index in [1.165, 1.54) is 11.1 Å². The Kier molecular flexibility index (Phi) is 2.34. The average Bonchev–Trinajstić information content (AvgIpc) is 3.15. The number of fused-ring (bicyclic) bond motifs is 2. The minimum atomic E-state index is -0.210. The van der Waals surface area contributed by atoms with Gasteiger partial charge in [-0.25, -0.2) is 0 Å². The number of rotatable bonds is 2. The number of ether oxygens (including phenoxy) is 3. The number of ketones is 1. The van der Waals surface area contributed by atoms with E-state index >= 15 is 0 Å². The third-order valence-corrected chi connectivity index (χ3v) is 7.98. The Labute approximate surface area is 141 Å². The minimum Gasteiger partial charge on any atom is -0.497 e. The molecule has 4 saturated carbocycles. The van der Waals surface area contributed by atoms with Gasteiger partial charge in [0.2, 0.25) is 0 Å². The summed E-state index contributed by atoms with van der Waals surface area (Å²) in [5, 5.41) is 0. The second-order valence-electron chi connectivity index (χ2n) is 8.46. The molecule has 1 aliphatic heterocycles. The summed E-state index contributed by atoms with van der Waals surface area (Å²) in [6, 6.07) is 6.40. The highest BCUT2D eigenvalue weighted by Gasteiger charge is 2.78. The molecule has 5 fully saturated rings. The molecule has 0 aromatic heterocycles. The van der Waals surface area contributed by atoms with Crippen LogP contribution in [0.25, 0.3) is 0 Å². The highest BCUT2D eigenvalue weighted by molar-refractivity contribution is 5.83. The first-order valence-corrected chi connectivity index (χ1v) is 9.03. The number of hydrogen-bond acceptors (Lipinski definition) is 4. The van der Waals surface area contributed by atoms with E-state index in [4.69, 9.17) is 14.2 Å². The molecule has 24 heavy (non-hydrogen) atoms. The molecule has 4 nitrogen and oxygen atoms in total. The number of carbonyl (C=O) groups excluding carboxylic acids is 1. The summed E-state index contributed by atoms with van der Waals surface area (Å²) >= 11 is 0. The van der Waals surface area contributed by atoms with E-state index in [9.17, 15) is 4.79 Å². The molecule has 0 N–H and O–H groups in total. The molecule has 126 valence electrons. The normalized spacial score (nSPS) is 49.4. The summed E-state index contributed by atoms with van der Waals surface area (Å²) in [7, 11) is 3.56. The van der Waals surface area contributed by atoms with Crippen LogP contribution < -0.4 is 4.74 Å². The SMILES string of the molecule is COc1ccc2c(c1)C1C3[C@H]2OC2C[C@]14CC(=O)CC4C[C@@]23OC. The fourth-order valence-electron chi connectivity index (χ4n) is 7.28. The maximum absolute atomic E-state index is 12.4. The van der Waals surface area contributed by atoms with Crippen LogP contribution in [0.4, 0.5) is 0 Å². The van der Waals surface area contributed by atoms with Crippen LogP contribution in [-0.4, -0.2) is 31.7 Å². The number of hydrogen-bond donors (Lipinski definition) is 0. The molecule has 1 saturated heterocycles. The lowest BCUT2D eigenvalue weighted by Gasteiger charge is -2.61. The summed E-state index contributed by atoms with van der Waals surface area (Å²) < 4.78 is 18.2. The molecule has 1 spiro atoms. The van der Waals surface area contributed by atoms with Crippen molar-refractivity contribution < 1.29 is 19.0 Å². The van der Waals surface area contributed by atoms with Crippen LogP contribution in [-0.2, 0) is 14.3 Å². The maximum atomic E-state index is 12.4. The Bertz CT molecular complexity index is 773. The summed E-state index contributed by atoms with van der Waals surface area (Å²) in [5.74, 6) is 2.50. The van der Waals surface area contributed by atoms with Gasteiger partial charge in [-0.3, -0.25) is 4.79 Å². The molecule has 0 amide bonds. The van der Waals surface area contributed by atoms with Crippen LogP contribution in [0.15, 0.2) is 18.2 Å². The molecule has 7 rings (SSSR count). The van der Waals surface area contributed by atoms with E-state index in [-0.39, 0.29) is 23.2 Å². The van der Waals surface area contributed by atoms with E-state index in [1.54, 1.807) is 7.11 Å². The zero-order chi connectivity index (χ0) is 16.3. The lowest BCUT2D eigenvalue weighted by Crippen LogP contribution is -2.63. The Morgan fingerprint density at radius 2 is 2.08 bits per heavy atom. The van der Waals surface area contributed by atoms with E-state index in [0.717, 1.165) is 31.4 Å². The monoisotopic (exact) mass is 326 g/mol. The van der Waals surface area contributed by atoms with Gasteiger partial charge in [0.15, 0.2) is 0 Å². The van der Waals surface area contributed by atoms with Gasteiger partial charge in [0.1, 0.15) is 17.1 Å². The van der Waals surface area contributed by atoms with Crippen molar-refractivity contribution in [1.29, 1.82) is 0 Å². The number of benzene rings is 1. The van der Waals surface area contributed by atoms with Crippen LogP contribution in [0.1, 0.15) is 48.8 Å². The first-order valence-electron chi connectivity index (χ1n) is 9.03. The molecule has 1 aromatic carbocycles. The molecular weight excluding hydrogens is 304 g/mol. The lowest BCUT2D eigenvalue weighted by molar-refractivity contribution is -0.198. The predicted molar refractivity (Wildman–Crippen MR) is 86.0 cm³/mol. The van der Waals surface area contributed by atoms with Crippen molar-refractivity contribution in [3.63, 3.8) is 0 Å². The predicted octanol–water partition coefficient (Wildman–Crippen LogP) is 3.01. The topological polar surface area (TPSA) is 44.8 Å². The van der Waals surface area contributed by atoms with Crippen LogP contribution in [0.5, 0.6) is 5.75 Å². The lowest BCUT2D eigenvalue weighted by atomic mass is 9.45. The molecule has 4 heteroatoms. The number of Topliss-reactive ketones (excluding diaryl/α,β-unsaturated/α-hetero) is 1. The highest BCUT2D eigenvalue weighted by atomic mass is 16.6. The van der Waals surface area contributed by atoms with Gasteiger partial charge in [0, 0.05) is 25.9 Å². The van der Waals surface area contributed by atoms with Crippen LogP contribution in [0.2, 0.25) is 0 Å². The van der Waals surface area contributed by atoms with Gasteiger partial charge in [-0.15, -0.1) is 0 Å². The third kappa shape index (κ3) is 1.25. The van der Waals surface area contributed by atoms with Gasteiger partial charge in [0.05, 0.1) is 19.3 Å². The van der Waals surface area contributed by atoms with Crippen molar-refractivity contribution in [2.75, 3.05) is 14.2 Å². The molecule has 4 bridgehead atoms. The summed E-state index contributed by atoms with van der Waals surface area (Å²) in [6.45, 7) is 0. The first kappa shape index (κ1) is 13.9. The second kappa shape index (κ2) is 4.05. The van der Waals surface area contributed by atoms with Crippen molar-refractivity contribution >= 4 is 5.78 Å². The summed E-state index contributed by atoms with van der Waals surface area (Å²) in [4.78, 5) is 12.4. The quantitative estimate of drug-likeness (QED) is 0.838.